The molecule has 4 N–H and O–H groups in total. The molecule has 2 amide bonds. The molecule has 4 aromatic rings. The third kappa shape index (κ3) is 12.0. The van der Waals surface area contributed by atoms with E-state index in [9.17, 15) is 18.4 Å². The molecular formula is C21H20BBrCl2F2N6O4S2. The molecule has 0 aromatic carbocycles. The Hall–Kier alpha value is -2.60. The van der Waals surface area contributed by atoms with E-state index in [4.69, 9.17) is 33.2 Å². The largest absolute Gasteiger partial charge is 0.490 e. The topological polar surface area (TPSA) is 150 Å². The third-order valence-corrected chi connectivity index (χ3v) is 6.56. The Bertz CT molecular complexity index is 1420. The lowest BCUT2D eigenvalue weighted by Crippen LogP contribution is -2.30. The molecule has 0 fully saturated rings. The number of carbonyl (C=O) groups excluding carboxylic acids is 2. The number of halogens is 5. The van der Waals surface area contributed by atoms with Gasteiger partial charge in [-0.15, -0.1) is 22.7 Å². The summed E-state index contributed by atoms with van der Waals surface area (Å²) >= 11 is 16.6. The zero-order valence-electron chi connectivity index (χ0n) is 19.2. The van der Waals surface area contributed by atoms with Crippen LogP contribution in [0.15, 0.2) is 39.2 Å². The zero-order chi connectivity index (χ0) is 28.4. The van der Waals surface area contributed by atoms with E-state index < -0.39 is 18.8 Å². The number of rotatable bonds is 4. The molecule has 0 spiro atoms. The molecule has 10 nitrogen and oxygen atoms in total. The molecular weight excluding hydrogens is 664 g/mol. The highest BCUT2D eigenvalue weighted by molar-refractivity contribution is 9.11. The Kier molecular flexibility index (Phi) is 14.6. The maximum Gasteiger partial charge on any atom is 0.490 e. The van der Waals surface area contributed by atoms with Crippen LogP contribution in [0.1, 0.15) is 21.3 Å². The van der Waals surface area contributed by atoms with Gasteiger partial charge in [0.2, 0.25) is 11.8 Å². The molecule has 0 saturated carbocycles. The van der Waals surface area contributed by atoms with E-state index in [-0.39, 0.29) is 35.0 Å². The van der Waals surface area contributed by atoms with Crippen LogP contribution >= 0.6 is 61.8 Å². The molecule has 0 bridgehead atoms. The van der Waals surface area contributed by atoms with Crippen LogP contribution in [0.25, 0.3) is 10.6 Å². The van der Waals surface area contributed by atoms with Crippen molar-refractivity contribution in [3.8, 4) is 10.6 Å². The highest BCUT2D eigenvalue weighted by Gasteiger charge is 2.13. The van der Waals surface area contributed by atoms with Gasteiger partial charge < -0.3 is 20.7 Å². The van der Waals surface area contributed by atoms with E-state index >= 15 is 0 Å². The lowest BCUT2D eigenvalue weighted by molar-refractivity contribution is -0.115. The highest BCUT2D eigenvalue weighted by Crippen LogP contribution is 2.27. The van der Waals surface area contributed by atoms with Gasteiger partial charge in [-0.1, -0.05) is 30.6 Å². The van der Waals surface area contributed by atoms with E-state index in [1.165, 1.54) is 48.8 Å². The Labute approximate surface area is 248 Å². The van der Waals surface area contributed by atoms with Crippen LogP contribution in [-0.2, 0) is 9.59 Å². The Morgan fingerprint density at radius 3 is 1.90 bits per heavy atom. The monoisotopic (exact) mass is 682 g/mol. The number of hydrogen-bond donors (Lipinski definition) is 4. The smallest absolute Gasteiger partial charge is 0.423 e. The predicted molar refractivity (Wildman–Crippen MR) is 154 cm³/mol. The van der Waals surface area contributed by atoms with Gasteiger partial charge in [-0.25, -0.2) is 28.7 Å². The predicted octanol–water partition coefficient (Wildman–Crippen LogP) is 5.01. The summed E-state index contributed by atoms with van der Waals surface area (Å²) in [6.45, 7) is 2.84. The number of thiazole rings is 2. The van der Waals surface area contributed by atoms with Gasteiger partial charge in [0.1, 0.15) is 16.6 Å². The van der Waals surface area contributed by atoms with Crippen molar-refractivity contribution in [3.05, 3.63) is 61.1 Å². The van der Waals surface area contributed by atoms with Crippen molar-refractivity contribution in [1.29, 1.82) is 0 Å². The maximum absolute atomic E-state index is 13.2. The van der Waals surface area contributed by atoms with Crippen LogP contribution < -0.4 is 16.1 Å². The average molecular weight is 684 g/mol. The van der Waals surface area contributed by atoms with Crippen molar-refractivity contribution in [2.45, 2.75) is 21.3 Å². The van der Waals surface area contributed by atoms with Crippen molar-refractivity contribution < 1.29 is 28.4 Å². The summed E-state index contributed by atoms with van der Waals surface area (Å²) in [4.78, 5) is 36.4. The minimum atomic E-state index is -1.71. The number of hydrogen-bond acceptors (Lipinski definition) is 10. The minimum absolute atomic E-state index is 0. The molecule has 39 heavy (non-hydrogen) atoms. The molecule has 4 aromatic heterocycles. The Morgan fingerprint density at radius 1 is 0.923 bits per heavy atom. The Morgan fingerprint density at radius 2 is 1.44 bits per heavy atom. The van der Waals surface area contributed by atoms with E-state index in [0.29, 0.717) is 22.2 Å². The standard InChI is InChI=1S/C10H7ClFN3OS.C5H4BClFNO2.C5H5BrN2OS.CH4/c1-5(16)14-8-4-17-10(15-8)6-2-7(12)9(11)13-3-6;7-5-4(8)1-3(2-9-5)6(10)11;1-3(9)7-4-2-10-5(6)8-4;/h2-4H,1H3,(H,14,16);1-2,10-11H;2H,1H3,(H,7,9);1H4. The lowest BCUT2D eigenvalue weighted by Gasteiger charge is -1.98. The quantitative estimate of drug-likeness (QED) is 0.173. The first-order valence-corrected chi connectivity index (χ1v) is 13.3. The minimum Gasteiger partial charge on any atom is -0.423 e. The van der Waals surface area contributed by atoms with Crippen LogP contribution in [0, 0.1) is 11.6 Å². The fourth-order valence-electron chi connectivity index (χ4n) is 2.25. The van der Waals surface area contributed by atoms with Gasteiger partial charge in [-0.3, -0.25) is 9.59 Å². The number of anilines is 2. The molecule has 4 rings (SSSR count). The summed E-state index contributed by atoms with van der Waals surface area (Å²) < 4.78 is 26.5. The van der Waals surface area contributed by atoms with Crippen LogP contribution in [-0.4, -0.2) is 48.9 Å². The fourth-order valence-corrected chi connectivity index (χ4v) is 4.13. The van der Waals surface area contributed by atoms with E-state index in [1.54, 1.807) is 10.8 Å². The SMILES string of the molecule is C.CC(=O)Nc1csc(-c2cnc(Cl)c(F)c2)n1.CC(=O)Nc1csc(Br)n1.OB(O)c1cnc(Cl)c(F)c1. The van der Waals surface area contributed by atoms with Gasteiger partial charge >= 0.3 is 7.12 Å². The first-order valence-electron chi connectivity index (χ1n) is 9.96. The second-order valence-electron chi connectivity index (χ2n) is 6.80. The van der Waals surface area contributed by atoms with E-state index in [2.05, 4.69) is 46.5 Å². The van der Waals surface area contributed by atoms with Crippen LogP contribution in [0.4, 0.5) is 20.4 Å². The summed E-state index contributed by atoms with van der Waals surface area (Å²) in [7, 11) is -1.71. The molecule has 18 heteroatoms. The van der Waals surface area contributed by atoms with Gasteiger partial charge in [-0.05, 0) is 28.1 Å². The van der Waals surface area contributed by atoms with Crippen molar-refractivity contribution in [1.82, 2.24) is 19.9 Å². The summed E-state index contributed by atoms with van der Waals surface area (Å²) in [5, 5.41) is 25.7. The first-order chi connectivity index (χ1) is 17.8. The van der Waals surface area contributed by atoms with Gasteiger partial charge in [-0.2, -0.15) is 0 Å². The zero-order valence-corrected chi connectivity index (χ0v) is 24.0. The number of nitrogens with zero attached hydrogens (tertiary/aromatic N) is 4. The van der Waals surface area contributed by atoms with Crippen LogP contribution in [0.2, 0.25) is 10.3 Å². The van der Waals surface area contributed by atoms with Gasteiger partial charge in [0.05, 0.1) is 0 Å². The van der Waals surface area contributed by atoms with Gasteiger partial charge in [0.25, 0.3) is 0 Å². The number of aromatic nitrogens is 4. The summed E-state index contributed by atoms with van der Waals surface area (Å²) in [6.07, 6.45) is 2.53. The highest BCUT2D eigenvalue weighted by atomic mass is 79.9. The number of nitrogens with one attached hydrogen (secondary N) is 2. The van der Waals surface area contributed by atoms with E-state index in [0.717, 1.165) is 16.2 Å². The molecule has 0 unspecified atom stereocenters. The van der Waals surface area contributed by atoms with Crippen molar-refractivity contribution in [2.24, 2.45) is 0 Å². The molecule has 0 radical (unpaired) electrons. The average Bonchev–Trinajstić information content (AvgIpc) is 3.46. The number of carbonyl (C=O) groups is 2. The first kappa shape index (κ1) is 34.4. The lowest BCUT2D eigenvalue weighted by atomic mass is 9.82. The molecule has 4 heterocycles. The molecule has 0 atom stereocenters. The van der Waals surface area contributed by atoms with Gasteiger partial charge in [0.15, 0.2) is 25.9 Å². The molecule has 0 aliphatic heterocycles. The van der Waals surface area contributed by atoms with Crippen LogP contribution in [0.3, 0.4) is 0 Å². The molecule has 0 aliphatic rings. The van der Waals surface area contributed by atoms with Gasteiger partial charge in [0, 0.05) is 48.0 Å². The Balaban J connectivity index is 0.000000303. The summed E-state index contributed by atoms with van der Waals surface area (Å²) in [5.74, 6) is -0.630. The fraction of sp³-hybridized carbons (Fsp3) is 0.143. The third-order valence-electron chi connectivity index (χ3n) is 3.75. The second kappa shape index (κ2) is 16.5. The van der Waals surface area contributed by atoms with E-state index in [1.807, 2.05) is 0 Å². The van der Waals surface area contributed by atoms with Crippen molar-refractivity contribution >= 4 is 97.8 Å². The number of pyridine rings is 2. The summed E-state index contributed by atoms with van der Waals surface area (Å²) in [5.41, 5.74) is 0.500. The second-order valence-corrected chi connectivity index (χ2v) is 10.5. The molecule has 0 saturated heterocycles. The number of amides is 2. The molecule has 0 aliphatic carbocycles. The van der Waals surface area contributed by atoms with Crippen LogP contribution in [0.5, 0.6) is 0 Å². The normalized spacial score (nSPS) is 9.67. The van der Waals surface area contributed by atoms with Crippen molar-refractivity contribution in [3.63, 3.8) is 0 Å². The molecule has 208 valence electrons. The van der Waals surface area contributed by atoms with Crippen molar-refractivity contribution in [2.75, 3.05) is 10.6 Å². The maximum atomic E-state index is 13.2. The summed E-state index contributed by atoms with van der Waals surface area (Å²) in [6, 6.07) is 2.17.